The summed E-state index contributed by atoms with van der Waals surface area (Å²) in [6.45, 7) is 3.36. The minimum absolute atomic E-state index is 0.0208. The number of hydrogen-bond donors (Lipinski definition) is 6. The van der Waals surface area contributed by atoms with Crippen molar-refractivity contribution in [3.8, 4) is 11.1 Å². The third-order valence-electron chi connectivity index (χ3n) is 9.50. The number of rotatable bonds is 7. The van der Waals surface area contributed by atoms with Crippen LogP contribution < -0.4 is 11.5 Å². The minimum atomic E-state index is -4.96. The highest BCUT2D eigenvalue weighted by Crippen LogP contribution is 2.50. The summed E-state index contributed by atoms with van der Waals surface area (Å²) in [6.07, 6.45) is 3.05. The van der Waals surface area contributed by atoms with Crippen LogP contribution in [0.15, 0.2) is 107 Å². The zero-order valence-corrected chi connectivity index (χ0v) is 27.4. The Morgan fingerprint density at radius 3 is 1.27 bits per heavy atom. The van der Waals surface area contributed by atoms with Crippen molar-refractivity contribution in [2.75, 3.05) is 0 Å². The van der Waals surface area contributed by atoms with E-state index in [4.69, 9.17) is 22.5 Å². The van der Waals surface area contributed by atoms with Crippen LogP contribution in [-0.2, 0) is 29.7 Å². The second-order valence-electron chi connectivity index (χ2n) is 12.0. The molecule has 0 spiro atoms. The predicted octanol–water partition coefficient (Wildman–Crippen LogP) is 5.66. The molecule has 0 aliphatic heterocycles. The fourth-order valence-electron chi connectivity index (χ4n) is 7.40. The van der Waals surface area contributed by atoms with Crippen LogP contribution in [-0.4, -0.2) is 38.0 Å². The lowest BCUT2D eigenvalue weighted by Crippen LogP contribution is -2.54. The summed E-state index contributed by atoms with van der Waals surface area (Å²) >= 11 is 0. The first-order valence-electron chi connectivity index (χ1n) is 14.7. The van der Waals surface area contributed by atoms with Crippen LogP contribution in [0.1, 0.15) is 44.5 Å². The molecule has 4 aromatic carbocycles. The molecule has 4 unspecified atom stereocenters. The molecule has 0 aromatic heterocycles. The summed E-state index contributed by atoms with van der Waals surface area (Å²) in [4.78, 5) is 0. The topological polar surface area (TPSA) is 233 Å². The highest BCUT2D eigenvalue weighted by molar-refractivity contribution is 7.87. The largest absolute Gasteiger partial charge is 0.321 e. The Hall–Kier alpha value is -4.70. The van der Waals surface area contributed by atoms with Gasteiger partial charge in [0.1, 0.15) is 0 Å². The molecule has 12 nitrogen and oxygen atoms in total. The summed E-state index contributed by atoms with van der Waals surface area (Å²) in [7, 11) is -9.91. The Kier molecular flexibility index (Phi) is 7.94. The molecular weight excluding hydrogens is 653 g/mol. The Bertz CT molecular complexity index is 2160. The van der Waals surface area contributed by atoms with E-state index in [-0.39, 0.29) is 33.6 Å². The van der Waals surface area contributed by atoms with Gasteiger partial charge in [0.15, 0.2) is 9.49 Å². The first-order valence-corrected chi connectivity index (χ1v) is 17.6. The molecular formula is C34H32N6O6S2. The van der Waals surface area contributed by atoms with Crippen LogP contribution in [0.3, 0.4) is 0 Å². The summed E-state index contributed by atoms with van der Waals surface area (Å²) in [5, 5.41) is 6.97. The van der Waals surface area contributed by atoms with Gasteiger partial charge in [-0.3, -0.25) is 9.11 Å². The molecule has 0 fully saturated rings. The maximum atomic E-state index is 13.4. The van der Waals surface area contributed by atoms with Crippen molar-refractivity contribution >= 4 is 32.4 Å². The predicted molar refractivity (Wildman–Crippen MR) is 181 cm³/mol. The first-order chi connectivity index (χ1) is 22.6. The smallest absolute Gasteiger partial charge is 0.281 e. The third kappa shape index (κ3) is 4.56. The fourth-order valence-corrected chi connectivity index (χ4v) is 10.2. The number of benzene rings is 4. The fraction of sp³-hybridized carbons (Fsp3) is 0.176. The molecule has 6 rings (SSSR count). The van der Waals surface area contributed by atoms with Crippen LogP contribution in [0.4, 0.5) is 0 Å². The van der Waals surface area contributed by atoms with E-state index in [0.717, 1.165) is 0 Å². The van der Waals surface area contributed by atoms with Gasteiger partial charge in [0, 0.05) is 0 Å². The molecule has 8 N–H and O–H groups in total. The maximum Gasteiger partial charge on any atom is 0.281 e. The van der Waals surface area contributed by atoms with Crippen LogP contribution >= 0.6 is 0 Å². The standard InChI is InChI=1S/C34H32N6O6S2/c1-19-15-21(11-13-25(19)33(47(41,42)43)27-9-5-3-7-23(27)17-29(39-37)31(33)35)22-12-14-26(20(2)16-22)34(48(44,45)46)28-10-6-4-8-24(28)18-30(40-38)32(34)36/h3-18,31-32,37-38H,35-36H2,1-2H3,(H,41,42,43)(H,44,45,46). The highest BCUT2D eigenvalue weighted by Gasteiger charge is 2.57. The van der Waals surface area contributed by atoms with Crippen LogP contribution in [0.25, 0.3) is 23.3 Å². The van der Waals surface area contributed by atoms with Gasteiger partial charge in [-0.15, -0.1) is 0 Å². The molecule has 2 aliphatic carbocycles. The summed E-state index contributed by atoms with van der Waals surface area (Å²) in [5.41, 5.74) is 32.3. The summed E-state index contributed by atoms with van der Waals surface area (Å²) in [5.74, 6) is 0. The van der Waals surface area contributed by atoms with Gasteiger partial charge in [0.25, 0.3) is 20.2 Å². The van der Waals surface area contributed by atoms with Gasteiger partial charge in [0.2, 0.25) is 0 Å². The van der Waals surface area contributed by atoms with Crippen molar-refractivity contribution in [2.24, 2.45) is 21.7 Å². The number of aryl methyl sites for hydroxylation is 2. The van der Waals surface area contributed by atoms with Gasteiger partial charge in [-0.05, 0) is 81.6 Å². The molecule has 246 valence electrons. The second kappa shape index (κ2) is 11.5. The lowest BCUT2D eigenvalue weighted by atomic mass is 9.74. The van der Waals surface area contributed by atoms with Crippen molar-refractivity contribution in [1.82, 2.24) is 0 Å². The number of nitrogens with zero attached hydrogens (tertiary/aromatic N) is 2. The van der Waals surface area contributed by atoms with Crippen molar-refractivity contribution in [1.29, 1.82) is 11.1 Å². The lowest BCUT2D eigenvalue weighted by Gasteiger charge is -2.41. The Morgan fingerprint density at radius 2 is 0.958 bits per heavy atom. The first kappa shape index (κ1) is 33.2. The minimum Gasteiger partial charge on any atom is -0.321 e. The van der Waals surface area contributed by atoms with Crippen molar-refractivity contribution in [2.45, 2.75) is 35.4 Å². The van der Waals surface area contributed by atoms with E-state index in [2.05, 4.69) is 10.2 Å². The van der Waals surface area contributed by atoms with E-state index in [1.165, 1.54) is 12.2 Å². The number of hydrogen-bond acceptors (Lipinski definition) is 10. The van der Waals surface area contributed by atoms with E-state index in [1.807, 2.05) is 0 Å². The normalized spacial score (nSPS) is 23.7. The molecule has 4 atom stereocenters. The van der Waals surface area contributed by atoms with E-state index in [9.17, 15) is 25.9 Å². The zero-order chi connectivity index (χ0) is 34.8. The SMILES string of the molecule is Cc1cc(-c2ccc(C3(S(=O)(=O)O)c4ccccc4C=C(N=N)C3N)c(C)c2)ccc1C1(S(=O)(=O)O)c2ccccc2C=C(N=N)C1N. The van der Waals surface area contributed by atoms with Crippen LogP contribution in [0.5, 0.6) is 0 Å². The Balaban J connectivity index is 1.53. The molecule has 0 radical (unpaired) electrons. The van der Waals surface area contributed by atoms with Gasteiger partial charge in [-0.2, -0.15) is 27.1 Å². The van der Waals surface area contributed by atoms with Gasteiger partial charge in [-0.1, -0.05) is 84.9 Å². The van der Waals surface area contributed by atoms with Gasteiger partial charge in [-0.25, -0.2) is 11.1 Å². The number of nitrogens with one attached hydrogen (secondary N) is 2. The second-order valence-corrected chi connectivity index (χ2v) is 15.2. The average molecular weight is 685 g/mol. The molecule has 48 heavy (non-hydrogen) atoms. The van der Waals surface area contributed by atoms with Crippen molar-refractivity contribution in [3.05, 3.63) is 141 Å². The van der Waals surface area contributed by atoms with Gasteiger partial charge >= 0.3 is 0 Å². The lowest BCUT2D eigenvalue weighted by molar-refractivity contribution is 0.423. The highest BCUT2D eigenvalue weighted by atomic mass is 32.2. The van der Waals surface area contributed by atoms with Gasteiger partial charge < -0.3 is 11.5 Å². The third-order valence-corrected chi connectivity index (χ3v) is 12.5. The van der Waals surface area contributed by atoms with Crippen LogP contribution in [0, 0.1) is 24.9 Å². The average Bonchev–Trinajstić information content (AvgIpc) is 3.03. The molecule has 0 amide bonds. The molecule has 0 saturated heterocycles. The Labute approximate surface area is 277 Å². The molecule has 0 bridgehead atoms. The quantitative estimate of drug-likeness (QED) is 0.105. The molecule has 0 heterocycles. The molecule has 0 saturated carbocycles. The number of nitrogens with two attached hydrogens (primary N) is 2. The monoisotopic (exact) mass is 684 g/mol. The van der Waals surface area contributed by atoms with E-state index < -0.39 is 41.8 Å². The Morgan fingerprint density at radius 1 is 0.604 bits per heavy atom. The summed E-state index contributed by atoms with van der Waals surface area (Å²) < 4.78 is 71.0. The van der Waals surface area contributed by atoms with Gasteiger partial charge in [0.05, 0.1) is 23.5 Å². The summed E-state index contributed by atoms with van der Waals surface area (Å²) in [6, 6.07) is 20.2. The van der Waals surface area contributed by atoms with Crippen LogP contribution in [0.2, 0.25) is 0 Å². The maximum absolute atomic E-state index is 13.4. The van der Waals surface area contributed by atoms with E-state index in [0.29, 0.717) is 33.4 Å². The number of fused-ring (bicyclic) bond motifs is 2. The van der Waals surface area contributed by atoms with Crippen molar-refractivity contribution < 1.29 is 25.9 Å². The van der Waals surface area contributed by atoms with E-state index >= 15 is 0 Å². The van der Waals surface area contributed by atoms with E-state index in [1.54, 1.807) is 98.8 Å². The molecule has 4 aromatic rings. The zero-order valence-electron chi connectivity index (χ0n) is 25.8. The molecule has 14 heteroatoms. The van der Waals surface area contributed by atoms with Crippen molar-refractivity contribution in [3.63, 3.8) is 0 Å². The molecule has 2 aliphatic rings.